The maximum Gasteiger partial charge on any atom is 0.0775 e. The molecule has 0 bridgehead atoms. The Balaban J connectivity index is 1.32. The fourth-order valence-corrected chi connectivity index (χ4v) is 9.43. The van der Waals surface area contributed by atoms with E-state index in [9.17, 15) is 0 Å². The van der Waals surface area contributed by atoms with Gasteiger partial charge in [0.05, 0.1) is 8.07 Å². The molecule has 1 aliphatic rings. The number of benzene rings is 8. The maximum atomic E-state index is 2.46. The van der Waals surface area contributed by atoms with E-state index in [1.807, 2.05) is 0 Å². The summed E-state index contributed by atoms with van der Waals surface area (Å²) in [5.41, 5.74) is 13.2. The van der Waals surface area contributed by atoms with Gasteiger partial charge >= 0.3 is 0 Å². The number of hydrogen-bond acceptors (Lipinski definition) is 0. The molecule has 0 saturated carbocycles. The van der Waals surface area contributed by atoms with Gasteiger partial charge in [0.25, 0.3) is 0 Å². The third kappa shape index (κ3) is 4.19. The predicted octanol–water partition coefficient (Wildman–Crippen LogP) is 12.4. The molecule has 1 aliphatic carbocycles. The Hall–Kier alpha value is -4.98. The van der Waals surface area contributed by atoms with Crippen LogP contribution < -0.4 is 5.19 Å². The fraction of sp³-hybridized carbons (Fsp3) is 0.130. The van der Waals surface area contributed by atoms with Crippen molar-refractivity contribution in [2.75, 3.05) is 0 Å². The lowest BCUT2D eigenvalue weighted by atomic mass is 9.81. The van der Waals surface area contributed by atoms with Crippen molar-refractivity contribution < 1.29 is 0 Å². The summed E-state index contributed by atoms with van der Waals surface area (Å²) in [4.78, 5) is 0. The Labute approximate surface area is 278 Å². The van der Waals surface area contributed by atoms with Crippen LogP contribution in [0.3, 0.4) is 0 Å². The molecule has 0 aromatic heterocycles. The second kappa shape index (κ2) is 10.0. The molecule has 0 N–H and O–H groups in total. The average molecular weight is 619 g/mol. The zero-order valence-corrected chi connectivity index (χ0v) is 28.8. The van der Waals surface area contributed by atoms with Crippen LogP contribution in [-0.2, 0) is 5.41 Å². The van der Waals surface area contributed by atoms with Crippen LogP contribution in [0.1, 0.15) is 25.0 Å². The minimum atomic E-state index is -1.40. The fourth-order valence-electron chi connectivity index (χ4n) is 8.27. The Morgan fingerprint density at radius 3 is 1.68 bits per heavy atom. The normalized spacial score (nSPS) is 13.8. The van der Waals surface area contributed by atoms with Gasteiger partial charge in [0.1, 0.15) is 0 Å². The molecule has 0 heterocycles. The van der Waals surface area contributed by atoms with Gasteiger partial charge in [-0.25, -0.2) is 0 Å². The summed E-state index contributed by atoms with van der Waals surface area (Å²) in [5.74, 6) is 0. The molecule has 8 aromatic rings. The molecule has 0 aliphatic heterocycles. The first-order valence-electron chi connectivity index (χ1n) is 16.9. The lowest BCUT2D eigenvalue weighted by molar-refractivity contribution is 0.660. The Bertz CT molecular complexity index is 2490. The molecule has 0 spiro atoms. The molecule has 8 aromatic carbocycles. The molecule has 0 unspecified atom stereocenters. The topological polar surface area (TPSA) is 0 Å². The summed E-state index contributed by atoms with van der Waals surface area (Å²) in [5, 5.41) is 9.46. The van der Waals surface area contributed by atoms with E-state index in [0.717, 1.165) is 0 Å². The van der Waals surface area contributed by atoms with Gasteiger partial charge in [-0.05, 0) is 100 Å². The number of fused-ring (bicyclic) bond motifs is 3. The zero-order valence-electron chi connectivity index (χ0n) is 27.8. The SMILES string of the molecule is CC1(C)c2ccccc2-c2ccc(-c3ccc4ccc5c(-c6ccc([Si](C)(C)C)cc6)cc(-c6ccccc6)c6ccc3c4c56)cc21. The predicted molar refractivity (Wildman–Crippen MR) is 207 cm³/mol. The van der Waals surface area contributed by atoms with Crippen LogP contribution in [0.25, 0.3) is 76.8 Å². The molecule has 0 amide bonds. The van der Waals surface area contributed by atoms with Crippen molar-refractivity contribution in [1.82, 2.24) is 0 Å². The molecular weight excluding hydrogens is 581 g/mol. The highest BCUT2D eigenvalue weighted by Crippen LogP contribution is 2.51. The zero-order chi connectivity index (χ0) is 32.1. The van der Waals surface area contributed by atoms with E-state index in [4.69, 9.17) is 0 Å². The van der Waals surface area contributed by atoms with Crippen LogP contribution in [0.5, 0.6) is 0 Å². The third-order valence-electron chi connectivity index (χ3n) is 10.8. The van der Waals surface area contributed by atoms with Gasteiger partial charge in [-0.3, -0.25) is 0 Å². The molecule has 226 valence electrons. The molecule has 0 nitrogen and oxygen atoms in total. The van der Waals surface area contributed by atoms with E-state index in [-0.39, 0.29) is 5.41 Å². The second-order valence-corrected chi connectivity index (χ2v) is 20.0. The average Bonchev–Trinajstić information content (AvgIpc) is 3.32. The van der Waals surface area contributed by atoms with E-state index in [0.29, 0.717) is 0 Å². The van der Waals surface area contributed by atoms with Crippen LogP contribution in [0, 0.1) is 0 Å². The number of hydrogen-bond donors (Lipinski definition) is 0. The second-order valence-electron chi connectivity index (χ2n) is 15.0. The van der Waals surface area contributed by atoms with Crippen molar-refractivity contribution >= 4 is 45.6 Å². The first-order chi connectivity index (χ1) is 22.7. The Kier molecular flexibility index (Phi) is 6.02. The van der Waals surface area contributed by atoms with E-state index >= 15 is 0 Å². The molecule has 0 atom stereocenters. The van der Waals surface area contributed by atoms with Crippen molar-refractivity contribution in [3.8, 4) is 44.5 Å². The van der Waals surface area contributed by atoms with Crippen molar-refractivity contribution in [2.45, 2.75) is 38.9 Å². The minimum absolute atomic E-state index is 0.0315. The smallest absolute Gasteiger partial charge is 0.0656 e. The van der Waals surface area contributed by atoms with Gasteiger partial charge in [-0.15, -0.1) is 0 Å². The van der Waals surface area contributed by atoms with Crippen molar-refractivity contribution in [2.24, 2.45) is 0 Å². The van der Waals surface area contributed by atoms with Gasteiger partial charge in [0, 0.05) is 5.41 Å². The van der Waals surface area contributed by atoms with Gasteiger partial charge in [-0.1, -0.05) is 166 Å². The Morgan fingerprint density at radius 1 is 0.404 bits per heavy atom. The third-order valence-corrected chi connectivity index (χ3v) is 12.9. The van der Waals surface area contributed by atoms with Gasteiger partial charge in [-0.2, -0.15) is 0 Å². The summed E-state index contributed by atoms with van der Waals surface area (Å²) in [6.45, 7) is 12.0. The first-order valence-corrected chi connectivity index (χ1v) is 20.4. The molecule has 1 heteroatoms. The monoisotopic (exact) mass is 618 g/mol. The van der Waals surface area contributed by atoms with Crippen LogP contribution in [0.2, 0.25) is 19.6 Å². The largest absolute Gasteiger partial charge is 0.0775 e. The molecule has 0 radical (unpaired) electrons. The summed E-state index contributed by atoms with van der Waals surface area (Å²) in [7, 11) is -1.40. The summed E-state index contributed by atoms with van der Waals surface area (Å²) < 4.78 is 0. The molecule has 0 saturated heterocycles. The van der Waals surface area contributed by atoms with E-state index in [1.165, 1.54) is 93.1 Å². The Morgan fingerprint density at radius 2 is 0.957 bits per heavy atom. The highest BCUT2D eigenvalue weighted by atomic mass is 28.3. The summed E-state index contributed by atoms with van der Waals surface area (Å²) in [6, 6.07) is 53.0. The van der Waals surface area contributed by atoms with Crippen molar-refractivity contribution in [3.05, 3.63) is 151 Å². The highest BCUT2D eigenvalue weighted by molar-refractivity contribution is 6.88. The van der Waals surface area contributed by atoms with E-state index in [1.54, 1.807) is 0 Å². The van der Waals surface area contributed by atoms with E-state index < -0.39 is 8.07 Å². The highest BCUT2D eigenvalue weighted by Gasteiger charge is 2.35. The molecule has 9 rings (SSSR count). The first kappa shape index (κ1) is 28.3. The molecule has 0 fully saturated rings. The van der Waals surface area contributed by atoms with Crippen LogP contribution >= 0.6 is 0 Å². The van der Waals surface area contributed by atoms with Crippen molar-refractivity contribution in [3.63, 3.8) is 0 Å². The standard InChI is InChI=1S/C46H38Si/c1-46(2)42-14-10-9-13-35(42)36-23-19-32(27-43(36)46)34-22-17-31-18-24-38-41(30-15-20-33(21-16-30)47(3,4)5)28-40(29-11-7-6-8-12-29)39-26-25-37(34)44(31)45(38)39/h6-28H,1-5H3. The number of rotatable bonds is 4. The van der Waals surface area contributed by atoms with Gasteiger partial charge in [0.15, 0.2) is 0 Å². The van der Waals surface area contributed by atoms with Crippen LogP contribution in [-0.4, -0.2) is 8.07 Å². The molecule has 47 heavy (non-hydrogen) atoms. The minimum Gasteiger partial charge on any atom is -0.0656 e. The maximum absolute atomic E-state index is 2.46. The van der Waals surface area contributed by atoms with E-state index in [2.05, 4.69) is 173 Å². The lowest BCUT2D eigenvalue weighted by Crippen LogP contribution is -2.37. The quantitative estimate of drug-likeness (QED) is 0.136. The summed E-state index contributed by atoms with van der Waals surface area (Å²) in [6.07, 6.45) is 0. The van der Waals surface area contributed by atoms with Gasteiger partial charge in [0.2, 0.25) is 0 Å². The van der Waals surface area contributed by atoms with Crippen LogP contribution in [0.4, 0.5) is 0 Å². The van der Waals surface area contributed by atoms with Crippen LogP contribution in [0.15, 0.2) is 140 Å². The van der Waals surface area contributed by atoms with Gasteiger partial charge < -0.3 is 0 Å². The van der Waals surface area contributed by atoms with Crippen molar-refractivity contribution in [1.29, 1.82) is 0 Å². The summed E-state index contributed by atoms with van der Waals surface area (Å²) >= 11 is 0. The lowest BCUT2D eigenvalue weighted by Gasteiger charge is -2.23. The molecular formula is C46H38Si.